The summed E-state index contributed by atoms with van der Waals surface area (Å²) in [6.45, 7) is 3.44. The van der Waals surface area contributed by atoms with Gasteiger partial charge in [0.25, 0.3) is 0 Å². The van der Waals surface area contributed by atoms with Crippen LogP contribution in [0, 0.1) is 0 Å². The van der Waals surface area contributed by atoms with Crippen molar-refractivity contribution in [2.45, 2.75) is 26.0 Å². The van der Waals surface area contributed by atoms with E-state index in [-0.39, 0.29) is 24.6 Å². The zero-order valence-electron chi connectivity index (χ0n) is 4.59. The first kappa shape index (κ1) is 10.2. The molecule has 2 nitrogen and oxygen atoms in total. The minimum atomic E-state index is -0.370. The van der Waals surface area contributed by atoms with Crippen molar-refractivity contribution in [3.05, 3.63) is 0 Å². The highest BCUT2D eigenvalue weighted by Crippen LogP contribution is 1.81. The van der Waals surface area contributed by atoms with Crippen LogP contribution in [0.5, 0.6) is 0 Å². The molecule has 0 aliphatic heterocycles. The molecule has 0 saturated carbocycles. The molecule has 3 heteroatoms. The van der Waals surface area contributed by atoms with Crippen molar-refractivity contribution < 1.29 is 5.11 Å². The summed E-state index contributed by atoms with van der Waals surface area (Å²) in [4.78, 5) is 0. The van der Waals surface area contributed by atoms with Crippen LogP contribution in [0.3, 0.4) is 0 Å². The number of rotatable bonds is 1. The van der Waals surface area contributed by atoms with Gasteiger partial charge in [0, 0.05) is 6.04 Å². The molecule has 46 valence electrons. The Hall–Kier alpha value is 0.210. The van der Waals surface area contributed by atoms with Crippen molar-refractivity contribution in [2.75, 3.05) is 0 Å². The van der Waals surface area contributed by atoms with E-state index < -0.39 is 0 Å². The molecule has 0 aromatic carbocycles. The van der Waals surface area contributed by atoms with E-state index in [4.69, 9.17) is 10.8 Å². The Morgan fingerprint density at radius 1 is 1.43 bits per heavy atom. The predicted molar refractivity (Wildman–Crippen MR) is 32.6 cm³/mol. The van der Waals surface area contributed by atoms with Crippen molar-refractivity contribution in [3.8, 4) is 0 Å². The van der Waals surface area contributed by atoms with E-state index in [0.29, 0.717) is 0 Å². The van der Waals surface area contributed by atoms with Crippen molar-refractivity contribution in [1.82, 2.24) is 0 Å². The lowest BCUT2D eigenvalue weighted by atomic mass is 10.2. The second-order valence-electron chi connectivity index (χ2n) is 1.60. The second kappa shape index (κ2) is 4.37. The lowest BCUT2D eigenvalue weighted by Gasteiger charge is -2.04. The molecule has 0 aromatic heterocycles. The first-order valence-corrected chi connectivity index (χ1v) is 2.08. The van der Waals surface area contributed by atoms with Crippen LogP contribution < -0.4 is 5.73 Å². The Bertz CT molecular complexity index is 32.7. The SMILES string of the molecule is C[C@H](N)[C@@H](C)O.Cl. The summed E-state index contributed by atoms with van der Waals surface area (Å²) in [6.07, 6.45) is -0.370. The van der Waals surface area contributed by atoms with Gasteiger partial charge in [0.05, 0.1) is 6.10 Å². The van der Waals surface area contributed by atoms with E-state index in [9.17, 15) is 0 Å². The van der Waals surface area contributed by atoms with Gasteiger partial charge >= 0.3 is 0 Å². The van der Waals surface area contributed by atoms with Gasteiger partial charge in [0.1, 0.15) is 0 Å². The van der Waals surface area contributed by atoms with Crippen LogP contribution in [0.2, 0.25) is 0 Å². The molecule has 0 saturated heterocycles. The molecular weight excluding hydrogens is 114 g/mol. The molecule has 2 atom stereocenters. The van der Waals surface area contributed by atoms with Gasteiger partial charge in [-0.1, -0.05) is 0 Å². The van der Waals surface area contributed by atoms with Gasteiger partial charge in [0.2, 0.25) is 0 Å². The third-order valence-corrected chi connectivity index (χ3v) is 0.761. The van der Waals surface area contributed by atoms with Crippen LogP contribution in [0.15, 0.2) is 0 Å². The fourth-order valence-corrected chi connectivity index (χ4v) is 0. The Balaban J connectivity index is 0. The summed E-state index contributed by atoms with van der Waals surface area (Å²) in [5, 5.41) is 8.50. The van der Waals surface area contributed by atoms with E-state index in [0.717, 1.165) is 0 Å². The van der Waals surface area contributed by atoms with Crippen molar-refractivity contribution in [2.24, 2.45) is 5.73 Å². The Kier molecular flexibility index (Phi) is 6.40. The van der Waals surface area contributed by atoms with Crippen LogP contribution >= 0.6 is 12.4 Å². The molecule has 0 radical (unpaired) electrons. The van der Waals surface area contributed by atoms with Gasteiger partial charge in [-0.3, -0.25) is 0 Å². The van der Waals surface area contributed by atoms with E-state index in [2.05, 4.69) is 0 Å². The number of nitrogens with two attached hydrogens (primary N) is 1. The molecule has 0 aliphatic carbocycles. The van der Waals surface area contributed by atoms with E-state index in [1.54, 1.807) is 13.8 Å². The summed E-state index contributed by atoms with van der Waals surface area (Å²) in [5.74, 6) is 0. The topological polar surface area (TPSA) is 46.2 Å². The van der Waals surface area contributed by atoms with E-state index in [1.165, 1.54) is 0 Å². The van der Waals surface area contributed by atoms with Crippen LogP contribution in [0.25, 0.3) is 0 Å². The molecule has 0 fully saturated rings. The molecule has 7 heavy (non-hydrogen) atoms. The lowest BCUT2D eigenvalue weighted by molar-refractivity contribution is 0.170. The maximum absolute atomic E-state index is 8.50. The van der Waals surface area contributed by atoms with Crippen molar-refractivity contribution in [3.63, 3.8) is 0 Å². The molecule has 3 N–H and O–H groups in total. The lowest BCUT2D eigenvalue weighted by Crippen LogP contribution is -2.28. The highest BCUT2D eigenvalue weighted by Gasteiger charge is 1.97. The van der Waals surface area contributed by atoms with Crippen molar-refractivity contribution in [1.29, 1.82) is 0 Å². The summed E-state index contributed by atoms with van der Waals surface area (Å²) in [5.41, 5.74) is 5.19. The third kappa shape index (κ3) is 6.21. The minimum absolute atomic E-state index is 0. The van der Waals surface area contributed by atoms with Crippen LogP contribution in [0.4, 0.5) is 0 Å². The standard InChI is InChI=1S/C4H11NO.ClH/c1-3(5)4(2)6;/h3-4,6H,5H2,1-2H3;1H/t3-,4+;/m0./s1. The molecule has 0 aromatic rings. The highest BCUT2D eigenvalue weighted by atomic mass is 35.5. The molecular formula is C4H12ClNO. The van der Waals surface area contributed by atoms with Crippen molar-refractivity contribution >= 4 is 12.4 Å². The first-order valence-electron chi connectivity index (χ1n) is 2.08. The molecule has 0 spiro atoms. The fraction of sp³-hybridized carbons (Fsp3) is 1.00. The summed E-state index contributed by atoms with van der Waals surface area (Å²) < 4.78 is 0. The van der Waals surface area contributed by atoms with Gasteiger partial charge in [-0.15, -0.1) is 12.4 Å². The molecule has 0 amide bonds. The third-order valence-electron chi connectivity index (χ3n) is 0.761. The van der Waals surface area contributed by atoms with Gasteiger partial charge < -0.3 is 10.8 Å². The average molecular weight is 126 g/mol. The molecule has 0 heterocycles. The summed E-state index contributed by atoms with van der Waals surface area (Å²) in [7, 11) is 0. The smallest absolute Gasteiger partial charge is 0.0660 e. The second-order valence-corrected chi connectivity index (χ2v) is 1.60. The maximum Gasteiger partial charge on any atom is 0.0660 e. The predicted octanol–water partition coefficient (Wildman–Crippen LogP) is 0.136. The van der Waals surface area contributed by atoms with E-state index in [1.807, 2.05) is 0 Å². The molecule has 0 rings (SSSR count). The molecule has 0 bridgehead atoms. The van der Waals surface area contributed by atoms with Gasteiger partial charge in [-0.05, 0) is 13.8 Å². The largest absolute Gasteiger partial charge is 0.392 e. The maximum atomic E-state index is 8.50. The van der Waals surface area contributed by atoms with E-state index >= 15 is 0 Å². The fourth-order valence-electron chi connectivity index (χ4n) is 0. The van der Waals surface area contributed by atoms with Crippen LogP contribution in [0.1, 0.15) is 13.8 Å². The summed E-state index contributed by atoms with van der Waals surface area (Å²) >= 11 is 0. The van der Waals surface area contributed by atoms with Crippen LogP contribution in [-0.4, -0.2) is 17.3 Å². The minimum Gasteiger partial charge on any atom is -0.392 e. The first-order chi connectivity index (χ1) is 2.64. The number of aliphatic hydroxyl groups excluding tert-OH is 1. The number of hydrogen-bond donors (Lipinski definition) is 2. The Labute approximate surface area is 50.1 Å². The van der Waals surface area contributed by atoms with Gasteiger partial charge in [-0.25, -0.2) is 0 Å². The van der Waals surface area contributed by atoms with Gasteiger partial charge in [-0.2, -0.15) is 0 Å². The quantitative estimate of drug-likeness (QED) is 0.524. The van der Waals surface area contributed by atoms with Crippen LogP contribution in [-0.2, 0) is 0 Å². The monoisotopic (exact) mass is 125 g/mol. The molecule has 0 unspecified atom stereocenters. The number of hydrogen-bond acceptors (Lipinski definition) is 2. The zero-order chi connectivity index (χ0) is 5.15. The number of halogens is 1. The summed E-state index contributed by atoms with van der Waals surface area (Å²) in [6, 6.07) is -0.0926. The highest BCUT2D eigenvalue weighted by molar-refractivity contribution is 5.85. The zero-order valence-corrected chi connectivity index (χ0v) is 5.40. The Morgan fingerprint density at radius 3 is 1.57 bits per heavy atom. The number of aliphatic hydroxyl groups is 1. The average Bonchev–Trinajstić information content (AvgIpc) is 1.36. The Morgan fingerprint density at radius 2 is 1.57 bits per heavy atom. The molecule has 0 aliphatic rings. The normalized spacial score (nSPS) is 17.1. The van der Waals surface area contributed by atoms with Gasteiger partial charge in [0.15, 0.2) is 0 Å².